The number of aromatic nitrogens is 1. The molecule has 0 radical (unpaired) electrons. The van der Waals surface area contributed by atoms with Crippen LogP contribution in [0.2, 0.25) is 0 Å². The molecule has 1 saturated heterocycles. The van der Waals surface area contributed by atoms with Gasteiger partial charge in [-0.1, -0.05) is 42.5 Å². The van der Waals surface area contributed by atoms with Crippen molar-refractivity contribution in [3.8, 4) is 6.07 Å². The zero-order valence-corrected chi connectivity index (χ0v) is 24.3. The minimum atomic E-state index is -0.194. The van der Waals surface area contributed by atoms with Crippen LogP contribution in [0.5, 0.6) is 0 Å². The summed E-state index contributed by atoms with van der Waals surface area (Å²) in [7, 11) is 0. The van der Waals surface area contributed by atoms with Crippen molar-refractivity contribution in [1.29, 1.82) is 5.26 Å². The maximum atomic E-state index is 13.3. The summed E-state index contributed by atoms with van der Waals surface area (Å²) < 4.78 is 13.2. The number of fused-ring (bicyclic) bond motifs is 2. The molecule has 1 fully saturated rings. The number of carbonyl (C=O) groups is 1. The van der Waals surface area contributed by atoms with E-state index in [1.165, 1.54) is 28.8 Å². The second kappa shape index (κ2) is 11.8. The van der Waals surface area contributed by atoms with Crippen molar-refractivity contribution in [3.05, 3.63) is 124 Å². The van der Waals surface area contributed by atoms with Crippen molar-refractivity contribution in [3.63, 3.8) is 0 Å². The monoisotopic (exact) mass is 570 g/mol. The molecule has 43 heavy (non-hydrogen) atoms. The molecule has 1 N–H and O–H groups in total. The van der Waals surface area contributed by atoms with Gasteiger partial charge in [0, 0.05) is 60.8 Å². The Bertz CT molecular complexity index is 1780. The summed E-state index contributed by atoms with van der Waals surface area (Å²) in [6, 6.07) is 21.2. The fourth-order valence-electron chi connectivity index (χ4n) is 6.90. The number of hydrogen-bond donors (Lipinski definition) is 1. The fraction of sp³-hybridized carbons (Fsp3) is 0.297. The number of hydrogen-bond acceptors (Lipinski definition) is 4. The number of allylic oxidation sites excluding steroid dienone is 2. The molecule has 216 valence electrons. The van der Waals surface area contributed by atoms with Gasteiger partial charge in [0.25, 0.3) is 0 Å². The second-order valence-corrected chi connectivity index (χ2v) is 12.2. The van der Waals surface area contributed by atoms with Crippen molar-refractivity contribution < 1.29 is 9.18 Å². The number of carbonyl (C=O) groups excluding carboxylic acids is 1. The number of likely N-dealkylation sites (tertiary alicyclic amines) is 1. The summed E-state index contributed by atoms with van der Waals surface area (Å²) in [6.07, 6.45) is 10.4. The van der Waals surface area contributed by atoms with Crippen LogP contribution in [-0.2, 0) is 19.5 Å². The lowest BCUT2D eigenvalue weighted by molar-refractivity contribution is 0.103. The molecular weight excluding hydrogens is 535 g/mol. The minimum Gasteiger partial charge on any atom is -0.361 e. The lowest BCUT2D eigenvalue weighted by Gasteiger charge is -2.31. The molecule has 7 rings (SSSR count). The molecule has 0 spiro atoms. The van der Waals surface area contributed by atoms with E-state index in [9.17, 15) is 14.4 Å². The summed E-state index contributed by atoms with van der Waals surface area (Å²) in [4.78, 5) is 21.5. The Kier molecular flexibility index (Phi) is 7.52. The molecule has 5 nitrogen and oxygen atoms in total. The van der Waals surface area contributed by atoms with Crippen LogP contribution in [0.15, 0.2) is 84.6 Å². The van der Waals surface area contributed by atoms with E-state index >= 15 is 0 Å². The van der Waals surface area contributed by atoms with Crippen molar-refractivity contribution in [2.24, 2.45) is 5.92 Å². The summed E-state index contributed by atoms with van der Waals surface area (Å²) in [6.45, 7) is 5.51. The molecule has 0 unspecified atom stereocenters. The van der Waals surface area contributed by atoms with Gasteiger partial charge in [-0.25, -0.2) is 4.39 Å². The highest BCUT2D eigenvalue weighted by Crippen LogP contribution is 2.33. The molecule has 3 heterocycles. The molecule has 6 heteroatoms. The molecule has 0 amide bonds. The smallest absolute Gasteiger partial charge is 0.189 e. The Morgan fingerprint density at radius 1 is 0.977 bits per heavy atom. The van der Waals surface area contributed by atoms with Crippen LogP contribution in [0.3, 0.4) is 0 Å². The van der Waals surface area contributed by atoms with Gasteiger partial charge in [-0.15, -0.1) is 0 Å². The summed E-state index contributed by atoms with van der Waals surface area (Å²) in [5, 5.41) is 10.4. The Morgan fingerprint density at radius 2 is 1.81 bits per heavy atom. The molecule has 4 aromatic rings. The van der Waals surface area contributed by atoms with Gasteiger partial charge in [0.1, 0.15) is 5.82 Å². The zero-order valence-electron chi connectivity index (χ0n) is 24.3. The third-order valence-corrected chi connectivity index (χ3v) is 9.37. The van der Waals surface area contributed by atoms with Gasteiger partial charge in [-0.3, -0.25) is 14.6 Å². The number of Topliss-reactive ketones (excluding diaryl/α,β-unsaturated/α-hetero) is 1. The highest BCUT2D eigenvalue weighted by Gasteiger charge is 2.28. The number of aromatic amines is 1. The highest BCUT2D eigenvalue weighted by molar-refractivity contribution is 6.13. The summed E-state index contributed by atoms with van der Waals surface area (Å²) >= 11 is 0. The Labute approximate surface area is 251 Å². The van der Waals surface area contributed by atoms with E-state index in [-0.39, 0.29) is 11.6 Å². The Morgan fingerprint density at radius 3 is 2.58 bits per heavy atom. The van der Waals surface area contributed by atoms with Crippen LogP contribution in [0, 0.1) is 23.1 Å². The topological polar surface area (TPSA) is 63.1 Å². The maximum absolute atomic E-state index is 13.3. The van der Waals surface area contributed by atoms with Gasteiger partial charge in [0.15, 0.2) is 5.78 Å². The predicted octanol–water partition coefficient (Wildman–Crippen LogP) is 7.05. The molecule has 1 aliphatic carbocycles. The lowest BCUT2D eigenvalue weighted by atomic mass is 9.93. The van der Waals surface area contributed by atoms with E-state index in [0.717, 1.165) is 98.1 Å². The van der Waals surface area contributed by atoms with Gasteiger partial charge in [-0.2, -0.15) is 5.26 Å². The van der Waals surface area contributed by atoms with Crippen LogP contribution in [-0.4, -0.2) is 46.7 Å². The quantitative estimate of drug-likeness (QED) is 0.253. The minimum absolute atomic E-state index is 0.192. The first-order valence-corrected chi connectivity index (χ1v) is 15.3. The van der Waals surface area contributed by atoms with Crippen molar-refractivity contribution in [1.82, 2.24) is 14.8 Å². The second-order valence-electron chi connectivity index (χ2n) is 12.2. The fourth-order valence-corrected chi connectivity index (χ4v) is 6.90. The van der Waals surface area contributed by atoms with E-state index < -0.39 is 0 Å². The summed E-state index contributed by atoms with van der Waals surface area (Å²) in [5.41, 5.74) is 9.65. The Hall–Kier alpha value is -4.31. The van der Waals surface area contributed by atoms with Crippen LogP contribution in [0.1, 0.15) is 57.4 Å². The van der Waals surface area contributed by atoms with E-state index in [1.807, 2.05) is 36.4 Å². The summed E-state index contributed by atoms with van der Waals surface area (Å²) in [5.74, 6) is 0.422. The largest absolute Gasteiger partial charge is 0.361 e. The highest BCUT2D eigenvalue weighted by atomic mass is 19.1. The third-order valence-electron chi connectivity index (χ3n) is 9.37. The SMILES string of the molecule is N#Cc1ccc2[nH]cc(CN3CC=C(c4ccc5c(c4)C/C(=C\C4CCN(Cc6ccc(F)cc6)CC4)C5=O)CC3)c2c1. The zero-order chi connectivity index (χ0) is 29.3. The third kappa shape index (κ3) is 5.84. The number of benzene rings is 3. The first kappa shape index (κ1) is 27.5. The number of piperidine rings is 1. The molecule has 0 atom stereocenters. The van der Waals surface area contributed by atoms with Gasteiger partial charge in [0.05, 0.1) is 11.6 Å². The first-order chi connectivity index (χ1) is 21.0. The van der Waals surface area contributed by atoms with E-state index in [1.54, 1.807) is 0 Å². The number of nitrogens with one attached hydrogen (secondary N) is 1. The number of halogens is 1. The standard InChI is InChI=1S/C37H35FN4O/c38-33-5-1-26(2-6-33)23-41-13-9-25(10-14-41)17-31-20-30-19-29(4-7-34(30)37(31)43)28-11-15-42(16-12-28)24-32-22-40-36-8-3-27(21-39)18-35(32)36/h1-8,11,17-19,22,25,40H,9-10,12-16,20,23-24H2/b31-17+. The molecule has 0 saturated carbocycles. The number of nitrogens with zero attached hydrogens (tertiary/aromatic N) is 3. The molecule has 1 aromatic heterocycles. The average molecular weight is 571 g/mol. The molecule has 0 bridgehead atoms. The van der Waals surface area contributed by atoms with Gasteiger partial charge in [0.2, 0.25) is 0 Å². The van der Waals surface area contributed by atoms with Gasteiger partial charge < -0.3 is 4.98 Å². The van der Waals surface area contributed by atoms with E-state index in [4.69, 9.17) is 0 Å². The molecule has 3 aromatic carbocycles. The normalized spacial score (nSPS) is 19.1. The number of rotatable bonds is 6. The van der Waals surface area contributed by atoms with Gasteiger partial charge in [-0.05, 0) is 96.4 Å². The Balaban J connectivity index is 0.966. The molecular formula is C37H35FN4O. The van der Waals surface area contributed by atoms with Crippen molar-refractivity contribution in [2.75, 3.05) is 26.2 Å². The predicted molar refractivity (Wildman–Crippen MR) is 168 cm³/mol. The first-order valence-electron chi connectivity index (χ1n) is 15.3. The number of nitriles is 1. The van der Waals surface area contributed by atoms with Crippen molar-refractivity contribution >= 4 is 22.3 Å². The van der Waals surface area contributed by atoms with Crippen LogP contribution in [0.25, 0.3) is 16.5 Å². The maximum Gasteiger partial charge on any atom is 0.189 e. The van der Waals surface area contributed by atoms with E-state index in [2.05, 4.69) is 51.3 Å². The van der Waals surface area contributed by atoms with Crippen LogP contribution >= 0.6 is 0 Å². The molecule has 3 aliphatic rings. The number of ketones is 1. The average Bonchev–Trinajstić information content (AvgIpc) is 3.58. The van der Waals surface area contributed by atoms with Crippen LogP contribution < -0.4 is 0 Å². The lowest BCUT2D eigenvalue weighted by Crippen LogP contribution is -2.32. The van der Waals surface area contributed by atoms with Crippen LogP contribution in [0.4, 0.5) is 4.39 Å². The van der Waals surface area contributed by atoms with E-state index in [0.29, 0.717) is 11.5 Å². The molecule has 2 aliphatic heterocycles. The number of H-pyrrole nitrogens is 1. The van der Waals surface area contributed by atoms with Crippen molar-refractivity contribution in [2.45, 2.75) is 38.8 Å². The van der Waals surface area contributed by atoms with Gasteiger partial charge >= 0.3 is 0 Å².